The molecular formula is C21H22N2O3. The molecule has 0 aromatic heterocycles. The molecule has 5 heteroatoms. The molecule has 0 spiro atoms. The zero-order valence-electron chi connectivity index (χ0n) is 14.6. The van der Waals surface area contributed by atoms with Gasteiger partial charge in [-0.25, -0.2) is 0 Å². The van der Waals surface area contributed by atoms with Crippen molar-refractivity contribution < 1.29 is 9.72 Å². The molecule has 26 heavy (non-hydrogen) atoms. The van der Waals surface area contributed by atoms with E-state index in [-0.39, 0.29) is 17.6 Å². The average Bonchev–Trinajstić information content (AvgIpc) is 2.67. The normalized spacial score (nSPS) is 15.5. The highest BCUT2D eigenvalue weighted by Crippen LogP contribution is 2.23. The Morgan fingerprint density at radius 2 is 1.77 bits per heavy atom. The lowest BCUT2D eigenvalue weighted by Gasteiger charge is -2.23. The molecule has 0 bridgehead atoms. The number of rotatable bonds is 5. The van der Waals surface area contributed by atoms with Gasteiger partial charge in [0.05, 0.1) is 4.92 Å². The summed E-state index contributed by atoms with van der Waals surface area (Å²) in [6.07, 6.45) is 7.23. The Morgan fingerprint density at radius 3 is 2.46 bits per heavy atom. The fourth-order valence-corrected chi connectivity index (χ4v) is 3.30. The Morgan fingerprint density at radius 1 is 1.04 bits per heavy atom. The summed E-state index contributed by atoms with van der Waals surface area (Å²) < 4.78 is 0. The highest BCUT2D eigenvalue weighted by Gasteiger charge is 2.19. The highest BCUT2D eigenvalue weighted by atomic mass is 16.6. The lowest BCUT2D eigenvalue weighted by atomic mass is 9.94. The van der Waals surface area contributed by atoms with Crippen LogP contribution in [0, 0.1) is 10.1 Å². The fraction of sp³-hybridized carbons (Fsp3) is 0.286. The second-order valence-corrected chi connectivity index (χ2v) is 6.58. The Bertz CT molecular complexity index is 809. The largest absolute Gasteiger partial charge is 0.349 e. The predicted octanol–water partition coefficient (Wildman–Crippen LogP) is 4.58. The molecule has 2 aromatic carbocycles. The number of nitro benzene ring substituents is 1. The van der Waals surface area contributed by atoms with Crippen molar-refractivity contribution in [2.45, 2.75) is 38.1 Å². The van der Waals surface area contributed by atoms with Gasteiger partial charge in [0.1, 0.15) is 0 Å². The Balaban J connectivity index is 1.91. The molecule has 1 amide bonds. The van der Waals surface area contributed by atoms with Gasteiger partial charge in [-0.15, -0.1) is 0 Å². The third kappa shape index (κ3) is 4.57. The molecule has 0 unspecified atom stereocenters. The van der Waals surface area contributed by atoms with Crippen LogP contribution in [0.2, 0.25) is 0 Å². The second kappa shape index (κ2) is 8.43. The van der Waals surface area contributed by atoms with Gasteiger partial charge < -0.3 is 5.32 Å². The molecule has 0 atom stereocenters. The van der Waals surface area contributed by atoms with E-state index in [2.05, 4.69) is 5.32 Å². The lowest BCUT2D eigenvalue weighted by Crippen LogP contribution is -2.36. The molecule has 0 radical (unpaired) electrons. The highest BCUT2D eigenvalue weighted by molar-refractivity contribution is 6.24. The SMILES string of the molecule is O=C(NC1CCCCC1)C(=Cc1cccc([N+](=O)[O-])c1)c1ccccc1. The number of hydrogen-bond acceptors (Lipinski definition) is 3. The Kier molecular flexibility index (Phi) is 5.79. The number of non-ortho nitro benzene ring substituents is 1. The number of hydrogen-bond donors (Lipinski definition) is 1. The lowest BCUT2D eigenvalue weighted by molar-refractivity contribution is -0.384. The maximum Gasteiger partial charge on any atom is 0.270 e. The van der Waals surface area contributed by atoms with Gasteiger partial charge in [0.25, 0.3) is 11.6 Å². The standard InChI is InChI=1S/C21H22N2O3/c24-21(22-18-11-5-2-6-12-18)20(17-9-3-1-4-10-17)15-16-8-7-13-19(14-16)23(25)26/h1,3-4,7-10,13-15,18H,2,5-6,11-12H2,(H,22,24). The van der Waals surface area contributed by atoms with Crippen LogP contribution in [0.25, 0.3) is 11.6 Å². The van der Waals surface area contributed by atoms with Gasteiger partial charge in [-0.1, -0.05) is 61.7 Å². The molecule has 1 fully saturated rings. The first-order chi connectivity index (χ1) is 12.6. The zero-order valence-corrected chi connectivity index (χ0v) is 14.6. The molecule has 2 aromatic rings. The van der Waals surface area contributed by atoms with E-state index in [0.29, 0.717) is 11.1 Å². The van der Waals surface area contributed by atoms with Gasteiger partial charge in [-0.2, -0.15) is 0 Å². The fourth-order valence-electron chi connectivity index (χ4n) is 3.30. The van der Waals surface area contributed by atoms with E-state index >= 15 is 0 Å². The molecule has 0 aliphatic heterocycles. The summed E-state index contributed by atoms with van der Waals surface area (Å²) in [5, 5.41) is 14.1. The van der Waals surface area contributed by atoms with Gasteiger partial charge in [-0.05, 0) is 30.0 Å². The topological polar surface area (TPSA) is 72.2 Å². The number of carbonyl (C=O) groups is 1. The van der Waals surface area contributed by atoms with Crippen molar-refractivity contribution in [2.24, 2.45) is 0 Å². The van der Waals surface area contributed by atoms with Crippen LogP contribution in [0.4, 0.5) is 5.69 Å². The summed E-state index contributed by atoms with van der Waals surface area (Å²) in [6, 6.07) is 15.9. The first-order valence-corrected chi connectivity index (χ1v) is 8.96. The molecular weight excluding hydrogens is 328 g/mol. The molecule has 0 saturated heterocycles. The smallest absolute Gasteiger partial charge is 0.270 e. The van der Waals surface area contributed by atoms with Crippen molar-refractivity contribution in [3.8, 4) is 0 Å². The van der Waals surface area contributed by atoms with Gasteiger partial charge in [-0.3, -0.25) is 14.9 Å². The van der Waals surface area contributed by atoms with Crippen LogP contribution in [0.15, 0.2) is 54.6 Å². The van der Waals surface area contributed by atoms with E-state index in [1.54, 1.807) is 18.2 Å². The molecule has 0 heterocycles. The van der Waals surface area contributed by atoms with Crippen LogP contribution < -0.4 is 5.32 Å². The quantitative estimate of drug-likeness (QED) is 0.371. The molecule has 1 aliphatic rings. The van der Waals surface area contributed by atoms with Crippen molar-refractivity contribution in [3.05, 3.63) is 75.8 Å². The maximum absolute atomic E-state index is 12.9. The van der Waals surface area contributed by atoms with Crippen molar-refractivity contribution in [1.82, 2.24) is 5.32 Å². The summed E-state index contributed by atoms with van der Waals surface area (Å²) in [5.74, 6) is -0.130. The minimum Gasteiger partial charge on any atom is -0.349 e. The van der Waals surface area contributed by atoms with Crippen LogP contribution in [-0.2, 0) is 4.79 Å². The van der Waals surface area contributed by atoms with Crippen LogP contribution >= 0.6 is 0 Å². The van der Waals surface area contributed by atoms with Crippen molar-refractivity contribution in [1.29, 1.82) is 0 Å². The van der Waals surface area contributed by atoms with Crippen molar-refractivity contribution in [2.75, 3.05) is 0 Å². The van der Waals surface area contributed by atoms with E-state index in [1.807, 2.05) is 30.3 Å². The third-order valence-electron chi connectivity index (χ3n) is 4.66. The molecule has 5 nitrogen and oxygen atoms in total. The second-order valence-electron chi connectivity index (χ2n) is 6.58. The summed E-state index contributed by atoms with van der Waals surface area (Å²) >= 11 is 0. The van der Waals surface area contributed by atoms with Gasteiger partial charge in [0.15, 0.2) is 0 Å². The van der Waals surface area contributed by atoms with E-state index in [1.165, 1.54) is 18.6 Å². The molecule has 1 saturated carbocycles. The molecule has 1 aliphatic carbocycles. The number of nitrogens with zero attached hydrogens (tertiary/aromatic N) is 1. The van der Waals surface area contributed by atoms with Crippen molar-refractivity contribution in [3.63, 3.8) is 0 Å². The third-order valence-corrected chi connectivity index (χ3v) is 4.66. The first kappa shape index (κ1) is 17.9. The summed E-state index contributed by atoms with van der Waals surface area (Å²) in [6.45, 7) is 0. The summed E-state index contributed by atoms with van der Waals surface area (Å²) in [4.78, 5) is 23.5. The number of carbonyl (C=O) groups excluding carboxylic acids is 1. The van der Waals surface area contributed by atoms with Crippen molar-refractivity contribution >= 4 is 23.2 Å². The van der Waals surface area contributed by atoms with Gasteiger partial charge in [0.2, 0.25) is 0 Å². The van der Waals surface area contributed by atoms with E-state index < -0.39 is 4.92 Å². The Hall–Kier alpha value is -2.95. The minimum atomic E-state index is -0.429. The maximum atomic E-state index is 12.9. The predicted molar refractivity (Wildman–Crippen MR) is 102 cm³/mol. The molecule has 1 N–H and O–H groups in total. The number of nitro groups is 1. The van der Waals surface area contributed by atoms with E-state index in [9.17, 15) is 14.9 Å². The van der Waals surface area contributed by atoms with E-state index in [4.69, 9.17) is 0 Å². The van der Waals surface area contributed by atoms with Crippen LogP contribution in [0.1, 0.15) is 43.2 Å². The van der Waals surface area contributed by atoms with Crippen LogP contribution in [0.5, 0.6) is 0 Å². The number of amides is 1. The van der Waals surface area contributed by atoms with Crippen LogP contribution in [-0.4, -0.2) is 16.9 Å². The Labute approximate surface area is 152 Å². The molecule has 3 rings (SSSR count). The average molecular weight is 350 g/mol. The zero-order chi connectivity index (χ0) is 18.4. The van der Waals surface area contributed by atoms with Crippen LogP contribution in [0.3, 0.4) is 0 Å². The monoisotopic (exact) mass is 350 g/mol. The number of nitrogens with one attached hydrogen (secondary N) is 1. The molecule has 134 valence electrons. The van der Waals surface area contributed by atoms with Gasteiger partial charge >= 0.3 is 0 Å². The summed E-state index contributed by atoms with van der Waals surface area (Å²) in [7, 11) is 0. The van der Waals surface area contributed by atoms with E-state index in [0.717, 1.165) is 31.2 Å². The first-order valence-electron chi connectivity index (χ1n) is 8.96. The summed E-state index contributed by atoms with van der Waals surface area (Å²) in [5.41, 5.74) is 1.97. The number of benzene rings is 2. The minimum absolute atomic E-state index is 0.0128. The van der Waals surface area contributed by atoms with Gasteiger partial charge in [0, 0.05) is 23.7 Å².